The molecule has 1 atom stereocenters. The van der Waals surface area contributed by atoms with Crippen LogP contribution in [0.1, 0.15) is 30.5 Å². The minimum absolute atomic E-state index is 0.112. The van der Waals surface area contributed by atoms with E-state index in [-0.39, 0.29) is 6.04 Å². The van der Waals surface area contributed by atoms with Gasteiger partial charge in [0, 0.05) is 5.02 Å². The first-order chi connectivity index (χ1) is 10.2. The predicted molar refractivity (Wildman–Crippen MR) is 85.8 cm³/mol. The van der Waals surface area contributed by atoms with Crippen molar-refractivity contribution in [3.05, 3.63) is 58.6 Å². The maximum absolute atomic E-state index is 9.18. The van der Waals surface area contributed by atoms with Gasteiger partial charge in [-0.05, 0) is 42.3 Å². The monoisotopic (exact) mass is 300 g/mol. The minimum atomic E-state index is 0.112. The molecule has 0 heterocycles. The van der Waals surface area contributed by atoms with E-state index < -0.39 is 0 Å². The van der Waals surface area contributed by atoms with Crippen molar-refractivity contribution in [2.45, 2.75) is 19.4 Å². The molecule has 0 aliphatic carbocycles. The third kappa shape index (κ3) is 3.68. The lowest BCUT2D eigenvalue weighted by molar-refractivity contribution is 0.414. The Morgan fingerprint density at radius 1 is 1.24 bits per heavy atom. The number of hydrogen-bond acceptors (Lipinski definition) is 3. The van der Waals surface area contributed by atoms with E-state index in [1.807, 2.05) is 24.3 Å². The van der Waals surface area contributed by atoms with Crippen LogP contribution in [0.25, 0.3) is 0 Å². The largest absolute Gasteiger partial charge is 0.497 e. The van der Waals surface area contributed by atoms with Crippen molar-refractivity contribution in [3.8, 4) is 11.8 Å². The van der Waals surface area contributed by atoms with Gasteiger partial charge in [-0.25, -0.2) is 0 Å². The summed E-state index contributed by atoms with van der Waals surface area (Å²) in [6, 6.07) is 15.4. The van der Waals surface area contributed by atoms with E-state index in [1.165, 1.54) is 0 Å². The minimum Gasteiger partial charge on any atom is -0.497 e. The van der Waals surface area contributed by atoms with Gasteiger partial charge in [0.2, 0.25) is 0 Å². The van der Waals surface area contributed by atoms with Crippen molar-refractivity contribution in [2.24, 2.45) is 0 Å². The van der Waals surface area contributed by atoms with Gasteiger partial charge in [-0.2, -0.15) is 5.26 Å². The number of benzene rings is 2. The summed E-state index contributed by atoms with van der Waals surface area (Å²) in [6.07, 6.45) is 0.893. The van der Waals surface area contributed by atoms with Crippen LogP contribution in [0.4, 0.5) is 5.69 Å². The van der Waals surface area contributed by atoms with E-state index in [1.54, 1.807) is 25.3 Å². The summed E-state index contributed by atoms with van der Waals surface area (Å²) >= 11 is 6.02. The van der Waals surface area contributed by atoms with Gasteiger partial charge in [0.1, 0.15) is 11.8 Å². The van der Waals surface area contributed by atoms with Crippen molar-refractivity contribution >= 4 is 17.3 Å². The van der Waals surface area contributed by atoms with Gasteiger partial charge in [0.15, 0.2) is 0 Å². The fourth-order valence-corrected chi connectivity index (χ4v) is 2.35. The number of rotatable bonds is 5. The molecular formula is C17H17ClN2O. The zero-order chi connectivity index (χ0) is 15.2. The highest BCUT2D eigenvalue weighted by atomic mass is 35.5. The second-order valence-corrected chi connectivity index (χ2v) is 5.12. The number of halogens is 1. The molecule has 0 spiro atoms. The molecule has 0 bridgehead atoms. The molecule has 108 valence electrons. The van der Waals surface area contributed by atoms with E-state index in [4.69, 9.17) is 16.3 Å². The molecule has 2 rings (SSSR count). The summed E-state index contributed by atoms with van der Waals surface area (Å²) in [5.41, 5.74) is 2.49. The zero-order valence-electron chi connectivity index (χ0n) is 12.1. The zero-order valence-corrected chi connectivity index (χ0v) is 12.8. The van der Waals surface area contributed by atoms with Gasteiger partial charge < -0.3 is 10.1 Å². The number of methoxy groups -OCH3 is 1. The number of anilines is 1. The molecule has 0 aromatic heterocycles. The quantitative estimate of drug-likeness (QED) is 0.864. The Kier molecular flexibility index (Phi) is 5.08. The van der Waals surface area contributed by atoms with Gasteiger partial charge >= 0.3 is 0 Å². The molecule has 2 aromatic carbocycles. The van der Waals surface area contributed by atoms with E-state index in [2.05, 4.69) is 18.3 Å². The molecule has 2 aromatic rings. The lowest BCUT2D eigenvalue weighted by atomic mass is 10.0. The predicted octanol–water partition coefficient (Wildman–Crippen LogP) is 4.78. The number of ether oxygens (including phenoxy) is 1. The molecule has 4 heteroatoms. The van der Waals surface area contributed by atoms with Crippen LogP contribution in [0.15, 0.2) is 42.5 Å². The molecular weight excluding hydrogens is 284 g/mol. The Hall–Kier alpha value is -2.18. The Morgan fingerprint density at radius 2 is 1.95 bits per heavy atom. The summed E-state index contributed by atoms with van der Waals surface area (Å²) in [7, 11) is 1.65. The Balaban J connectivity index is 2.26. The number of nitrogens with zero attached hydrogens (tertiary/aromatic N) is 1. The van der Waals surface area contributed by atoms with Crippen LogP contribution in [0.3, 0.4) is 0 Å². The Morgan fingerprint density at radius 3 is 2.52 bits per heavy atom. The molecule has 1 N–H and O–H groups in total. The fourth-order valence-electron chi connectivity index (χ4n) is 2.18. The van der Waals surface area contributed by atoms with Gasteiger partial charge in [0.25, 0.3) is 0 Å². The lowest BCUT2D eigenvalue weighted by Crippen LogP contribution is -2.10. The summed E-state index contributed by atoms with van der Waals surface area (Å²) in [5, 5.41) is 13.2. The Labute approximate surface area is 130 Å². The molecule has 0 aliphatic rings. The van der Waals surface area contributed by atoms with Crippen LogP contribution in [-0.2, 0) is 0 Å². The lowest BCUT2D eigenvalue weighted by Gasteiger charge is -2.20. The van der Waals surface area contributed by atoms with Crippen molar-refractivity contribution in [2.75, 3.05) is 12.4 Å². The number of nitriles is 1. The normalized spacial score (nSPS) is 11.5. The molecule has 3 nitrogen and oxygen atoms in total. The first kappa shape index (κ1) is 15.2. The first-order valence-electron chi connectivity index (χ1n) is 6.78. The van der Waals surface area contributed by atoms with Crippen LogP contribution >= 0.6 is 11.6 Å². The third-order valence-corrected chi connectivity index (χ3v) is 3.59. The van der Waals surface area contributed by atoms with Crippen molar-refractivity contribution in [1.29, 1.82) is 5.26 Å². The Bertz CT molecular complexity index is 647. The average molecular weight is 301 g/mol. The molecule has 0 fully saturated rings. The molecule has 0 aliphatic heterocycles. The van der Waals surface area contributed by atoms with Gasteiger partial charge in [-0.1, -0.05) is 30.7 Å². The second-order valence-electron chi connectivity index (χ2n) is 4.68. The third-order valence-electron chi connectivity index (χ3n) is 3.36. The summed E-state index contributed by atoms with van der Waals surface area (Å²) < 4.78 is 5.17. The molecule has 1 unspecified atom stereocenters. The highest BCUT2D eigenvalue weighted by molar-refractivity contribution is 6.30. The van der Waals surface area contributed by atoms with Gasteiger partial charge in [-0.3, -0.25) is 0 Å². The van der Waals surface area contributed by atoms with Crippen molar-refractivity contribution < 1.29 is 4.74 Å². The van der Waals surface area contributed by atoms with Crippen LogP contribution in [0.5, 0.6) is 5.75 Å². The molecule has 21 heavy (non-hydrogen) atoms. The molecule has 0 amide bonds. The smallest absolute Gasteiger partial charge is 0.118 e. The van der Waals surface area contributed by atoms with Gasteiger partial charge in [0.05, 0.1) is 24.4 Å². The van der Waals surface area contributed by atoms with Crippen molar-refractivity contribution in [1.82, 2.24) is 0 Å². The SMILES string of the molecule is CCC(Nc1cc(Cl)ccc1C#N)c1ccc(OC)cc1. The van der Waals surface area contributed by atoms with Crippen molar-refractivity contribution in [3.63, 3.8) is 0 Å². The van der Waals surface area contributed by atoms with Crippen LogP contribution in [0.2, 0.25) is 5.02 Å². The molecule has 0 saturated heterocycles. The summed E-state index contributed by atoms with van der Waals surface area (Å²) in [6.45, 7) is 2.10. The highest BCUT2D eigenvalue weighted by Crippen LogP contribution is 2.28. The first-order valence-corrected chi connectivity index (χ1v) is 7.16. The van der Waals surface area contributed by atoms with E-state index in [9.17, 15) is 5.26 Å². The maximum Gasteiger partial charge on any atom is 0.118 e. The van der Waals surface area contributed by atoms with E-state index in [0.717, 1.165) is 23.4 Å². The summed E-state index contributed by atoms with van der Waals surface area (Å²) in [4.78, 5) is 0. The topological polar surface area (TPSA) is 45.0 Å². The van der Waals surface area contributed by atoms with E-state index in [0.29, 0.717) is 10.6 Å². The number of hydrogen-bond donors (Lipinski definition) is 1. The summed E-state index contributed by atoms with van der Waals surface area (Å²) in [5.74, 6) is 0.828. The standard InChI is InChI=1S/C17H17ClN2O/c1-3-16(12-5-8-15(21-2)9-6-12)20-17-10-14(18)7-4-13(17)11-19/h4-10,16,20H,3H2,1-2H3. The van der Waals surface area contributed by atoms with Crippen LogP contribution in [-0.4, -0.2) is 7.11 Å². The van der Waals surface area contributed by atoms with Crippen LogP contribution in [0, 0.1) is 11.3 Å². The highest BCUT2D eigenvalue weighted by Gasteiger charge is 2.12. The van der Waals surface area contributed by atoms with E-state index >= 15 is 0 Å². The molecule has 0 saturated carbocycles. The molecule has 0 radical (unpaired) electrons. The average Bonchev–Trinajstić information content (AvgIpc) is 2.53. The fraction of sp³-hybridized carbons (Fsp3) is 0.235. The second kappa shape index (κ2) is 7.01. The van der Waals surface area contributed by atoms with Crippen LogP contribution < -0.4 is 10.1 Å². The van der Waals surface area contributed by atoms with Gasteiger partial charge in [-0.15, -0.1) is 0 Å². The maximum atomic E-state index is 9.18. The number of nitrogens with one attached hydrogen (secondary N) is 1.